The number of nitrogens with zero attached hydrogens (tertiary/aromatic N) is 2. The van der Waals surface area contributed by atoms with Gasteiger partial charge in [-0.15, -0.1) is 0 Å². The van der Waals surface area contributed by atoms with Gasteiger partial charge in [-0.1, -0.05) is 30.3 Å². The Hall–Kier alpha value is -3.78. The number of anilines is 1. The molecule has 1 saturated heterocycles. The van der Waals surface area contributed by atoms with Crippen molar-refractivity contribution < 1.29 is 18.9 Å². The second-order valence-corrected chi connectivity index (χ2v) is 7.92. The third-order valence-electron chi connectivity index (χ3n) is 6.41. The number of ketones is 1. The average molecular weight is 417 g/mol. The molecule has 5 rings (SSSR count). The van der Waals surface area contributed by atoms with Crippen molar-refractivity contribution >= 4 is 23.1 Å². The van der Waals surface area contributed by atoms with Crippen molar-refractivity contribution in [1.29, 1.82) is 0 Å². The molecule has 2 aromatic carbocycles. The predicted molar refractivity (Wildman–Crippen MR) is 112 cm³/mol. The smallest absolute Gasteiger partial charge is 0.269 e. The number of nitro groups is 1. The number of hydrogen-bond donors (Lipinski definition) is 1. The molecule has 31 heavy (non-hydrogen) atoms. The maximum absolute atomic E-state index is 13.7. The Morgan fingerprint density at radius 2 is 2.00 bits per heavy atom. The minimum Gasteiger partial charge on any atom is -0.461 e. The highest BCUT2D eigenvalue weighted by molar-refractivity contribution is 6.11. The first-order valence-corrected chi connectivity index (χ1v) is 9.89. The number of non-ortho nitro benzene ring substituents is 1. The summed E-state index contributed by atoms with van der Waals surface area (Å²) >= 11 is 0. The summed E-state index contributed by atoms with van der Waals surface area (Å²) in [6, 6.07) is 16.8. The van der Waals surface area contributed by atoms with Crippen molar-refractivity contribution in [2.75, 3.05) is 18.9 Å². The highest BCUT2D eigenvalue weighted by Gasteiger charge is 2.64. The van der Waals surface area contributed by atoms with E-state index in [0.29, 0.717) is 17.8 Å². The van der Waals surface area contributed by atoms with Crippen molar-refractivity contribution in [2.24, 2.45) is 5.92 Å². The van der Waals surface area contributed by atoms with Crippen LogP contribution in [0, 0.1) is 16.0 Å². The molecular formula is C23H19N3O5. The summed E-state index contributed by atoms with van der Waals surface area (Å²) in [7, 11) is 1.81. The summed E-state index contributed by atoms with van der Waals surface area (Å²) < 4.78 is 5.41. The zero-order chi connectivity index (χ0) is 21.8. The Labute approximate surface area is 177 Å². The molecule has 8 heteroatoms. The van der Waals surface area contributed by atoms with Crippen LogP contribution in [0.15, 0.2) is 71.3 Å². The van der Waals surface area contributed by atoms with Gasteiger partial charge in [-0.2, -0.15) is 0 Å². The van der Waals surface area contributed by atoms with Gasteiger partial charge >= 0.3 is 0 Å². The van der Waals surface area contributed by atoms with E-state index in [9.17, 15) is 19.7 Å². The van der Waals surface area contributed by atoms with E-state index in [2.05, 4.69) is 5.32 Å². The molecule has 156 valence electrons. The lowest BCUT2D eigenvalue weighted by molar-refractivity contribution is -0.384. The summed E-state index contributed by atoms with van der Waals surface area (Å²) in [5.74, 6) is -1.70. The molecule has 3 heterocycles. The minimum absolute atomic E-state index is 0.0541. The Bertz CT molecular complexity index is 1210. The molecule has 0 radical (unpaired) electrons. The number of furan rings is 1. The zero-order valence-electron chi connectivity index (χ0n) is 16.6. The van der Waals surface area contributed by atoms with Crippen LogP contribution in [0.5, 0.6) is 0 Å². The molecule has 1 amide bonds. The summed E-state index contributed by atoms with van der Waals surface area (Å²) in [5, 5.41) is 14.3. The van der Waals surface area contributed by atoms with Crippen LogP contribution < -0.4 is 5.32 Å². The molecule has 0 saturated carbocycles. The van der Waals surface area contributed by atoms with Gasteiger partial charge in [0.2, 0.25) is 11.7 Å². The number of rotatable bonds is 4. The zero-order valence-corrected chi connectivity index (χ0v) is 16.6. The van der Waals surface area contributed by atoms with Gasteiger partial charge in [0.05, 0.1) is 17.1 Å². The lowest BCUT2D eigenvalue weighted by Crippen LogP contribution is -2.51. The number of likely N-dealkylation sites (tertiary alicyclic amines) is 1. The quantitative estimate of drug-likeness (QED) is 0.395. The van der Waals surface area contributed by atoms with E-state index in [0.717, 1.165) is 5.56 Å². The molecule has 1 fully saturated rings. The molecule has 2 aliphatic rings. The first-order chi connectivity index (χ1) is 14.9. The SMILES string of the molecule is CN1C[C@H](c2cccc([N+](=O)[O-])c2)[C@@H](C(=O)c2ccco2)[C@]12C(=O)Nc1ccccc12. The fourth-order valence-electron chi connectivity index (χ4n) is 5.14. The third kappa shape index (κ3) is 2.65. The Kier molecular flexibility index (Phi) is 4.26. The molecule has 3 aromatic rings. The van der Waals surface area contributed by atoms with E-state index in [-0.39, 0.29) is 23.1 Å². The summed E-state index contributed by atoms with van der Waals surface area (Å²) in [6.07, 6.45) is 1.42. The topological polar surface area (TPSA) is 106 Å². The van der Waals surface area contributed by atoms with Gasteiger partial charge in [-0.05, 0) is 30.8 Å². The molecule has 1 aromatic heterocycles. The van der Waals surface area contributed by atoms with Gasteiger partial charge in [0.25, 0.3) is 5.69 Å². The van der Waals surface area contributed by atoms with Crippen LogP contribution in [0.1, 0.15) is 27.6 Å². The number of nitrogens with one attached hydrogen (secondary N) is 1. The van der Waals surface area contributed by atoms with Gasteiger partial charge < -0.3 is 9.73 Å². The maximum atomic E-state index is 13.7. The highest BCUT2D eigenvalue weighted by atomic mass is 16.6. The van der Waals surface area contributed by atoms with Crippen molar-refractivity contribution in [3.05, 3.63) is 93.9 Å². The molecule has 0 unspecified atom stereocenters. The van der Waals surface area contributed by atoms with Crippen LogP contribution in [-0.4, -0.2) is 35.1 Å². The minimum atomic E-state index is -1.24. The molecule has 2 aliphatic heterocycles. The lowest BCUT2D eigenvalue weighted by atomic mass is 9.71. The predicted octanol–water partition coefficient (Wildman–Crippen LogP) is 3.56. The van der Waals surface area contributed by atoms with E-state index >= 15 is 0 Å². The number of likely N-dealkylation sites (N-methyl/N-ethyl adjacent to an activating group) is 1. The first-order valence-electron chi connectivity index (χ1n) is 9.89. The number of nitro benzene ring substituents is 1. The number of benzene rings is 2. The molecule has 0 aliphatic carbocycles. The van der Waals surface area contributed by atoms with Crippen molar-refractivity contribution in [3.63, 3.8) is 0 Å². The molecule has 1 spiro atoms. The van der Waals surface area contributed by atoms with Gasteiger partial charge in [0.1, 0.15) is 5.54 Å². The number of amides is 1. The molecular weight excluding hydrogens is 398 g/mol. The van der Waals surface area contributed by atoms with Gasteiger partial charge in [0.15, 0.2) is 5.76 Å². The van der Waals surface area contributed by atoms with Crippen LogP contribution in [0.2, 0.25) is 0 Å². The van der Waals surface area contributed by atoms with Gasteiger partial charge in [-0.25, -0.2) is 0 Å². The van der Waals surface area contributed by atoms with Crippen LogP contribution >= 0.6 is 0 Å². The van der Waals surface area contributed by atoms with Crippen LogP contribution in [0.3, 0.4) is 0 Å². The van der Waals surface area contributed by atoms with E-state index in [4.69, 9.17) is 4.42 Å². The Balaban J connectivity index is 1.72. The summed E-state index contributed by atoms with van der Waals surface area (Å²) in [4.78, 5) is 40.0. The first kappa shape index (κ1) is 19.2. The van der Waals surface area contributed by atoms with Gasteiger partial charge in [-0.3, -0.25) is 24.6 Å². The van der Waals surface area contributed by atoms with E-state index in [1.165, 1.54) is 18.4 Å². The average Bonchev–Trinajstić information content (AvgIpc) is 3.47. The number of carbonyl (C=O) groups excluding carboxylic acids is 2. The van der Waals surface area contributed by atoms with Crippen LogP contribution in [0.25, 0.3) is 0 Å². The standard InChI is InChI=1S/C23H19N3O5/c1-25-13-16(14-6-4-7-15(12-14)26(29)30)20(21(27)19-10-5-11-31-19)23(25)17-8-2-3-9-18(17)24-22(23)28/h2-12,16,20H,13H2,1H3,(H,24,28)/t16-,20+,23-/m1/s1. The van der Waals surface area contributed by atoms with Crippen LogP contribution in [0.4, 0.5) is 11.4 Å². The highest BCUT2D eigenvalue weighted by Crippen LogP contribution is 2.55. The fraction of sp³-hybridized carbons (Fsp3) is 0.217. The number of para-hydroxylation sites is 1. The second-order valence-electron chi connectivity index (χ2n) is 7.92. The third-order valence-corrected chi connectivity index (χ3v) is 6.41. The Morgan fingerprint density at radius 3 is 2.74 bits per heavy atom. The normalized spacial score (nSPS) is 24.9. The second kappa shape index (κ2) is 6.88. The van der Waals surface area contributed by atoms with Crippen molar-refractivity contribution in [2.45, 2.75) is 11.5 Å². The van der Waals surface area contributed by atoms with Gasteiger partial charge in [0, 0.05) is 35.8 Å². The molecule has 0 bridgehead atoms. The van der Waals surface area contributed by atoms with E-state index in [1.54, 1.807) is 31.3 Å². The largest absolute Gasteiger partial charge is 0.461 e. The van der Waals surface area contributed by atoms with Crippen LogP contribution in [-0.2, 0) is 10.3 Å². The fourth-order valence-corrected chi connectivity index (χ4v) is 5.14. The van der Waals surface area contributed by atoms with E-state index in [1.807, 2.05) is 29.2 Å². The molecule has 8 nitrogen and oxygen atoms in total. The number of Topliss-reactive ketones (excluding diaryl/α,β-unsaturated/α-hetero) is 1. The molecule has 1 N–H and O–H groups in total. The maximum Gasteiger partial charge on any atom is 0.269 e. The number of carbonyl (C=O) groups is 2. The number of hydrogen-bond acceptors (Lipinski definition) is 6. The molecule has 3 atom stereocenters. The van der Waals surface area contributed by atoms with Crippen molar-refractivity contribution in [1.82, 2.24) is 4.90 Å². The van der Waals surface area contributed by atoms with Crippen molar-refractivity contribution in [3.8, 4) is 0 Å². The number of fused-ring (bicyclic) bond motifs is 2. The van der Waals surface area contributed by atoms with E-state index < -0.39 is 22.3 Å². The summed E-state index contributed by atoms with van der Waals surface area (Å²) in [5.41, 5.74) is 0.730. The summed E-state index contributed by atoms with van der Waals surface area (Å²) in [6.45, 7) is 0.375. The monoisotopic (exact) mass is 417 g/mol. The Morgan fingerprint density at radius 1 is 1.19 bits per heavy atom. The lowest BCUT2D eigenvalue weighted by Gasteiger charge is -2.35.